The van der Waals surface area contributed by atoms with E-state index in [1.807, 2.05) is 18.2 Å². The number of benzene rings is 1. The zero-order chi connectivity index (χ0) is 12.6. The van der Waals surface area contributed by atoms with Crippen molar-refractivity contribution in [3.63, 3.8) is 0 Å². The summed E-state index contributed by atoms with van der Waals surface area (Å²) in [6.07, 6.45) is 4.46. The zero-order valence-corrected chi connectivity index (χ0v) is 10.9. The predicted molar refractivity (Wildman–Crippen MR) is 76.1 cm³/mol. The second-order valence-electron chi connectivity index (χ2n) is 3.83. The van der Waals surface area contributed by atoms with Crippen LogP contribution >= 0.6 is 11.3 Å². The van der Waals surface area contributed by atoms with Gasteiger partial charge < -0.3 is 9.84 Å². The van der Waals surface area contributed by atoms with Gasteiger partial charge in [0.2, 0.25) is 0 Å². The van der Waals surface area contributed by atoms with Crippen LogP contribution < -0.4 is 4.74 Å². The molecule has 1 aromatic heterocycles. The molecule has 0 saturated carbocycles. The Morgan fingerprint density at radius 3 is 2.89 bits per heavy atom. The van der Waals surface area contributed by atoms with Gasteiger partial charge >= 0.3 is 0 Å². The molecule has 2 nitrogen and oxygen atoms in total. The van der Waals surface area contributed by atoms with E-state index in [0.29, 0.717) is 6.61 Å². The van der Waals surface area contributed by atoms with Crippen molar-refractivity contribution in [1.82, 2.24) is 0 Å². The second-order valence-corrected chi connectivity index (χ2v) is 4.61. The van der Waals surface area contributed by atoms with Crippen molar-refractivity contribution in [2.24, 2.45) is 0 Å². The SMILES string of the molecule is OCC=CCCOc1cccc(-c2ccsc2)c1. The van der Waals surface area contributed by atoms with Crippen molar-refractivity contribution in [2.75, 3.05) is 13.2 Å². The van der Waals surface area contributed by atoms with Gasteiger partial charge in [-0.3, -0.25) is 0 Å². The summed E-state index contributed by atoms with van der Waals surface area (Å²) < 4.78 is 5.66. The summed E-state index contributed by atoms with van der Waals surface area (Å²) in [5, 5.41) is 12.8. The van der Waals surface area contributed by atoms with Gasteiger partial charge in [0.15, 0.2) is 0 Å². The molecule has 1 N–H and O–H groups in total. The summed E-state index contributed by atoms with van der Waals surface area (Å²) in [6, 6.07) is 10.2. The van der Waals surface area contributed by atoms with Gasteiger partial charge in [0, 0.05) is 0 Å². The van der Waals surface area contributed by atoms with E-state index >= 15 is 0 Å². The molecule has 2 aromatic rings. The minimum absolute atomic E-state index is 0.0909. The van der Waals surface area contributed by atoms with Crippen molar-refractivity contribution in [2.45, 2.75) is 6.42 Å². The van der Waals surface area contributed by atoms with Crippen LogP contribution in [0.3, 0.4) is 0 Å². The standard InChI is InChI=1S/C15H16O2S/c16-8-2-1-3-9-17-15-6-4-5-13(11-15)14-7-10-18-12-14/h1-2,4-7,10-12,16H,3,8-9H2. The number of aliphatic hydroxyl groups excluding tert-OH is 1. The van der Waals surface area contributed by atoms with E-state index < -0.39 is 0 Å². The van der Waals surface area contributed by atoms with Gasteiger partial charge in [0.05, 0.1) is 13.2 Å². The van der Waals surface area contributed by atoms with Gasteiger partial charge in [-0.25, -0.2) is 0 Å². The minimum atomic E-state index is 0.0909. The highest BCUT2D eigenvalue weighted by atomic mass is 32.1. The van der Waals surface area contributed by atoms with Crippen LogP contribution in [0.15, 0.2) is 53.2 Å². The van der Waals surface area contributed by atoms with Crippen LogP contribution in [0.5, 0.6) is 5.75 Å². The van der Waals surface area contributed by atoms with Crippen molar-refractivity contribution < 1.29 is 9.84 Å². The van der Waals surface area contributed by atoms with Crippen LogP contribution in [0.1, 0.15) is 6.42 Å². The first-order chi connectivity index (χ1) is 8.90. The summed E-state index contributed by atoms with van der Waals surface area (Å²) in [6.45, 7) is 0.719. The summed E-state index contributed by atoms with van der Waals surface area (Å²) in [7, 11) is 0. The molecule has 0 aliphatic carbocycles. The Morgan fingerprint density at radius 1 is 1.17 bits per heavy atom. The average molecular weight is 260 g/mol. The molecule has 1 heterocycles. The lowest BCUT2D eigenvalue weighted by molar-refractivity contribution is 0.322. The Hall–Kier alpha value is -1.58. The van der Waals surface area contributed by atoms with Gasteiger partial charge in [-0.05, 0) is 46.5 Å². The van der Waals surface area contributed by atoms with E-state index in [0.717, 1.165) is 12.2 Å². The monoisotopic (exact) mass is 260 g/mol. The third-order valence-electron chi connectivity index (χ3n) is 2.51. The molecule has 0 fully saturated rings. The maximum absolute atomic E-state index is 8.60. The highest BCUT2D eigenvalue weighted by Gasteiger charge is 1.99. The number of hydrogen-bond acceptors (Lipinski definition) is 3. The Labute approximate surface area is 111 Å². The van der Waals surface area contributed by atoms with Crippen LogP contribution in [0.4, 0.5) is 0 Å². The van der Waals surface area contributed by atoms with Gasteiger partial charge in [-0.15, -0.1) is 0 Å². The molecule has 94 valence electrons. The molecule has 1 aromatic carbocycles. The van der Waals surface area contributed by atoms with E-state index in [-0.39, 0.29) is 6.61 Å². The molecule has 0 radical (unpaired) electrons. The lowest BCUT2D eigenvalue weighted by atomic mass is 10.1. The van der Waals surface area contributed by atoms with Gasteiger partial charge in [0.1, 0.15) is 5.75 Å². The van der Waals surface area contributed by atoms with E-state index in [1.54, 1.807) is 17.4 Å². The minimum Gasteiger partial charge on any atom is -0.493 e. The van der Waals surface area contributed by atoms with Crippen molar-refractivity contribution in [1.29, 1.82) is 0 Å². The van der Waals surface area contributed by atoms with Crippen molar-refractivity contribution >= 4 is 11.3 Å². The Kier molecular flexibility index (Phi) is 5.00. The summed E-state index contributed by atoms with van der Waals surface area (Å²) in [4.78, 5) is 0. The normalized spacial score (nSPS) is 10.9. The number of hydrogen-bond donors (Lipinski definition) is 1. The quantitative estimate of drug-likeness (QED) is 0.633. The molecule has 0 aliphatic heterocycles. The third-order valence-corrected chi connectivity index (χ3v) is 3.20. The largest absolute Gasteiger partial charge is 0.493 e. The van der Waals surface area contributed by atoms with Crippen LogP contribution in [-0.4, -0.2) is 18.3 Å². The summed E-state index contributed by atoms with van der Waals surface area (Å²) in [5.41, 5.74) is 2.41. The molecular weight excluding hydrogens is 244 g/mol. The lowest BCUT2D eigenvalue weighted by Gasteiger charge is -2.06. The number of aliphatic hydroxyl groups is 1. The molecule has 2 rings (SSSR count). The van der Waals surface area contributed by atoms with E-state index in [9.17, 15) is 0 Å². The number of rotatable bonds is 6. The van der Waals surface area contributed by atoms with E-state index in [1.165, 1.54) is 11.1 Å². The zero-order valence-electron chi connectivity index (χ0n) is 10.1. The molecule has 0 atom stereocenters. The van der Waals surface area contributed by atoms with Crippen LogP contribution in [0.2, 0.25) is 0 Å². The first-order valence-corrected chi connectivity index (χ1v) is 6.86. The lowest BCUT2D eigenvalue weighted by Crippen LogP contribution is -1.95. The molecule has 0 saturated heterocycles. The third kappa shape index (κ3) is 3.72. The average Bonchev–Trinajstić information content (AvgIpc) is 2.93. The van der Waals surface area contributed by atoms with Crippen LogP contribution in [0, 0.1) is 0 Å². The fourth-order valence-electron chi connectivity index (χ4n) is 1.63. The fraction of sp³-hybridized carbons (Fsp3) is 0.200. The maximum Gasteiger partial charge on any atom is 0.119 e. The fourth-order valence-corrected chi connectivity index (χ4v) is 2.30. The Morgan fingerprint density at radius 2 is 2.11 bits per heavy atom. The Bertz CT molecular complexity index is 489. The molecule has 0 spiro atoms. The van der Waals surface area contributed by atoms with Crippen molar-refractivity contribution in [3.05, 3.63) is 53.2 Å². The maximum atomic E-state index is 8.60. The molecule has 0 amide bonds. The molecule has 18 heavy (non-hydrogen) atoms. The molecule has 0 unspecified atom stereocenters. The smallest absolute Gasteiger partial charge is 0.119 e. The van der Waals surface area contributed by atoms with Gasteiger partial charge in [-0.2, -0.15) is 11.3 Å². The predicted octanol–water partition coefficient (Wildman–Crippen LogP) is 3.73. The van der Waals surface area contributed by atoms with E-state index in [4.69, 9.17) is 9.84 Å². The molecule has 0 aliphatic rings. The highest BCUT2D eigenvalue weighted by molar-refractivity contribution is 7.08. The molecule has 3 heteroatoms. The van der Waals surface area contributed by atoms with Crippen molar-refractivity contribution in [3.8, 4) is 16.9 Å². The highest BCUT2D eigenvalue weighted by Crippen LogP contribution is 2.25. The molecule has 0 bridgehead atoms. The first kappa shape index (κ1) is 12.9. The second kappa shape index (κ2) is 6.99. The van der Waals surface area contributed by atoms with Crippen LogP contribution in [0.25, 0.3) is 11.1 Å². The van der Waals surface area contributed by atoms with Gasteiger partial charge in [0.25, 0.3) is 0 Å². The molecular formula is C15H16O2S. The first-order valence-electron chi connectivity index (χ1n) is 5.91. The van der Waals surface area contributed by atoms with E-state index in [2.05, 4.69) is 29.0 Å². The van der Waals surface area contributed by atoms with Gasteiger partial charge in [-0.1, -0.05) is 24.3 Å². The number of thiophene rings is 1. The topological polar surface area (TPSA) is 29.5 Å². The number of ether oxygens (including phenoxy) is 1. The summed E-state index contributed by atoms with van der Waals surface area (Å²) >= 11 is 1.69. The summed E-state index contributed by atoms with van der Waals surface area (Å²) in [5.74, 6) is 0.885. The Balaban J connectivity index is 1.94. The van der Waals surface area contributed by atoms with Crippen LogP contribution in [-0.2, 0) is 0 Å².